The molecule has 1 aliphatic carbocycles. The van der Waals surface area contributed by atoms with Gasteiger partial charge in [-0.1, -0.05) is 13.8 Å². The van der Waals surface area contributed by atoms with Crippen LogP contribution in [0.5, 0.6) is 0 Å². The smallest absolute Gasteiger partial charge is 0.000967 e. The Bertz CT molecular complexity index is 132. The quantitative estimate of drug-likeness (QED) is 0.571. The highest BCUT2D eigenvalue weighted by atomic mass is 15.1. The topological polar surface area (TPSA) is 15.3 Å². The molecule has 1 N–H and O–H groups in total. The average molecular weight is 198 g/mol. The highest BCUT2D eigenvalue weighted by molar-refractivity contribution is 4.77. The first-order valence-electron chi connectivity index (χ1n) is 6.29. The van der Waals surface area contributed by atoms with E-state index in [1.54, 1.807) is 0 Å². The number of nitrogens with zero attached hydrogens (tertiary/aromatic N) is 1. The van der Waals surface area contributed by atoms with Crippen LogP contribution >= 0.6 is 0 Å². The van der Waals surface area contributed by atoms with E-state index in [1.165, 1.54) is 51.9 Å². The lowest BCUT2D eigenvalue weighted by atomic mass is 10.3. The maximum atomic E-state index is 3.39. The number of nitrogens with one attached hydrogen (secondary N) is 1. The molecule has 1 rings (SSSR count). The molecule has 0 heterocycles. The zero-order valence-corrected chi connectivity index (χ0v) is 9.89. The van der Waals surface area contributed by atoms with Crippen LogP contribution in [0, 0.1) is 5.92 Å². The van der Waals surface area contributed by atoms with Crippen molar-refractivity contribution in [1.29, 1.82) is 0 Å². The minimum atomic E-state index is 1.04. The molecule has 0 spiro atoms. The molecule has 0 aromatic rings. The Balaban J connectivity index is 2.01. The minimum absolute atomic E-state index is 1.04. The van der Waals surface area contributed by atoms with E-state index in [-0.39, 0.29) is 0 Å². The van der Waals surface area contributed by atoms with Crippen LogP contribution in [-0.4, -0.2) is 37.6 Å². The highest BCUT2D eigenvalue weighted by Gasteiger charge is 2.23. The average Bonchev–Trinajstić information content (AvgIpc) is 2.96. The van der Waals surface area contributed by atoms with Crippen molar-refractivity contribution >= 4 is 0 Å². The first-order chi connectivity index (χ1) is 6.86. The monoisotopic (exact) mass is 198 g/mol. The van der Waals surface area contributed by atoms with Gasteiger partial charge in [0.2, 0.25) is 0 Å². The second-order valence-electron chi connectivity index (χ2n) is 4.45. The summed E-state index contributed by atoms with van der Waals surface area (Å²) >= 11 is 0. The van der Waals surface area contributed by atoms with Gasteiger partial charge in [0.05, 0.1) is 0 Å². The molecule has 0 saturated heterocycles. The van der Waals surface area contributed by atoms with E-state index in [0.29, 0.717) is 0 Å². The predicted molar refractivity (Wildman–Crippen MR) is 62.6 cm³/mol. The Kier molecular flexibility index (Phi) is 6.20. The first kappa shape index (κ1) is 12.0. The van der Waals surface area contributed by atoms with Crippen molar-refractivity contribution in [2.75, 3.05) is 32.7 Å². The molecule has 0 aromatic carbocycles. The summed E-state index contributed by atoms with van der Waals surface area (Å²) in [6.45, 7) is 10.7. The molecule has 14 heavy (non-hydrogen) atoms. The van der Waals surface area contributed by atoms with Crippen LogP contribution in [0.4, 0.5) is 0 Å². The summed E-state index contributed by atoms with van der Waals surface area (Å²) < 4.78 is 0. The fourth-order valence-corrected chi connectivity index (χ4v) is 1.88. The van der Waals surface area contributed by atoms with E-state index in [1.807, 2.05) is 0 Å². The van der Waals surface area contributed by atoms with Crippen molar-refractivity contribution in [1.82, 2.24) is 10.2 Å². The maximum absolute atomic E-state index is 3.39. The molecule has 0 amide bonds. The molecule has 2 heteroatoms. The molecular formula is C12H26N2. The standard InChI is InChI=1S/C12H26N2/c1-3-9-14(11-12-6-7-12)10-5-8-13-4-2/h12-13H,3-11H2,1-2H3. The Labute approximate surface area is 89.1 Å². The molecule has 0 atom stereocenters. The van der Waals surface area contributed by atoms with E-state index in [9.17, 15) is 0 Å². The minimum Gasteiger partial charge on any atom is -0.317 e. The Morgan fingerprint density at radius 2 is 2.00 bits per heavy atom. The second kappa shape index (κ2) is 7.24. The molecular weight excluding hydrogens is 172 g/mol. The third-order valence-electron chi connectivity index (χ3n) is 2.83. The van der Waals surface area contributed by atoms with Crippen molar-refractivity contribution in [3.63, 3.8) is 0 Å². The van der Waals surface area contributed by atoms with Crippen LogP contribution < -0.4 is 5.32 Å². The van der Waals surface area contributed by atoms with Gasteiger partial charge in [-0.15, -0.1) is 0 Å². The molecule has 1 fully saturated rings. The van der Waals surface area contributed by atoms with Crippen LogP contribution in [0.1, 0.15) is 39.5 Å². The van der Waals surface area contributed by atoms with Gasteiger partial charge in [0.25, 0.3) is 0 Å². The summed E-state index contributed by atoms with van der Waals surface area (Å²) in [7, 11) is 0. The van der Waals surface area contributed by atoms with Gasteiger partial charge in [-0.05, 0) is 57.8 Å². The van der Waals surface area contributed by atoms with Crippen molar-refractivity contribution < 1.29 is 0 Å². The number of rotatable bonds is 9. The molecule has 1 saturated carbocycles. The summed E-state index contributed by atoms with van der Waals surface area (Å²) in [5, 5.41) is 3.39. The highest BCUT2D eigenvalue weighted by Crippen LogP contribution is 2.29. The second-order valence-corrected chi connectivity index (χ2v) is 4.45. The van der Waals surface area contributed by atoms with E-state index >= 15 is 0 Å². The third-order valence-corrected chi connectivity index (χ3v) is 2.83. The summed E-state index contributed by atoms with van der Waals surface area (Å²) in [6, 6.07) is 0. The summed E-state index contributed by atoms with van der Waals surface area (Å²) in [4.78, 5) is 2.65. The van der Waals surface area contributed by atoms with Crippen LogP contribution in [-0.2, 0) is 0 Å². The zero-order chi connectivity index (χ0) is 10.2. The van der Waals surface area contributed by atoms with Crippen LogP contribution in [0.25, 0.3) is 0 Å². The largest absolute Gasteiger partial charge is 0.317 e. The van der Waals surface area contributed by atoms with E-state index in [4.69, 9.17) is 0 Å². The lowest BCUT2D eigenvalue weighted by Crippen LogP contribution is -2.30. The van der Waals surface area contributed by atoms with Gasteiger partial charge in [-0.3, -0.25) is 0 Å². The van der Waals surface area contributed by atoms with Crippen molar-refractivity contribution in [2.24, 2.45) is 5.92 Å². The van der Waals surface area contributed by atoms with Crippen LogP contribution in [0.3, 0.4) is 0 Å². The fourth-order valence-electron chi connectivity index (χ4n) is 1.88. The summed E-state index contributed by atoms with van der Waals surface area (Å²) in [5.74, 6) is 1.04. The Morgan fingerprint density at radius 1 is 1.21 bits per heavy atom. The molecule has 1 aliphatic rings. The van der Waals surface area contributed by atoms with Gasteiger partial charge in [-0.2, -0.15) is 0 Å². The van der Waals surface area contributed by atoms with E-state index in [0.717, 1.165) is 12.5 Å². The molecule has 2 nitrogen and oxygen atoms in total. The summed E-state index contributed by atoms with van der Waals surface area (Å²) in [6.07, 6.45) is 5.56. The van der Waals surface area contributed by atoms with Crippen molar-refractivity contribution in [3.8, 4) is 0 Å². The third kappa shape index (κ3) is 5.61. The van der Waals surface area contributed by atoms with Gasteiger partial charge < -0.3 is 10.2 Å². The van der Waals surface area contributed by atoms with E-state index < -0.39 is 0 Å². The molecule has 0 bridgehead atoms. The number of hydrogen-bond acceptors (Lipinski definition) is 2. The predicted octanol–water partition coefficient (Wildman–Crippen LogP) is 2.11. The first-order valence-corrected chi connectivity index (χ1v) is 6.29. The summed E-state index contributed by atoms with van der Waals surface area (Å²) in [5.41, 5.74) is 0. The van der Waals surface area contributed by atoms with Crippen LogP contribution in [0.15, 0.2) is 0 Å². The maximum Gasteiger partial charge on any atom is 0.000967 e. The lowest BCUT2D eigenvalue weighted by molar-refractivity contribution is 0.259. The fraction of sp³-hybridized carbons (Fsp3) is 1.00. The van der Waals surface area contributed by atoms with Gasteiger partial charge in [-0.25, -0.2) is 0 Å². The van der Waals surface area contributed by atoms with Crippen LogP contribution in [0.2, 0.25) is 0 Å². The Hall–Kier alpha value is -0.0800. The molecule has 0 unspecified atom stereocenters. The molecule has 0 aromatic heterocycles. The molecule has 84 valence electrons. The van der Waals surface area contributed by atoms with Crippen molar-refractivity contribution in [3.05, 3.63) is 0 Å². The number of hydrogen-bond donors (Lipinski definition) is 1. The van der Waals surface area contributed by atoms with Gasteiger partial charge in [0.15, 0.2) is 0 Å². The van der Waals surface area contributed by atoms with Gasteiger partial charge in [0.1, 0.15) is 0 Å². The SMILES string of the molecule is CCCN(CCCNCC)CC1CC1. The molecule has 0 aliphatic heterocycles. The van der Waals surface area contributed by atoms with Gasteiger partial charge in [0, 0.05) is 6.54 Å². The van der Waals surface area contributed by atoms with Gasteiger partial charge >= 0.3 is 0 Å². The normalized spacial score (nSPS) is 16.5. The van der Waals surface area contributed by atoms with E-state index in [2.05, 4.69) is 24.1 Å². The molecule has 0 radical (unpaired) electrons. The lowest BCUT2D eigenvalue weighted by Gasteiger charge is -2.21. The van der Waals surface area contributed by atoms with Crippen molar-refractivity contribution in [2.45, 2.75) is 39.5 Å². The zero-order valence-electron chi connectivity index (χ0n) is 9.89. The Morgan fingerprint density at radius 3 is 2.57 bits per heavy atom.